The van der Waals surface area contributed by atoms with Gasteiger partial charge in [0.15, 0.2) is 9.84 Å². The van der Waals surface area contributed by atoms with Gasteiger partial charge < -0.3 is 15.2 Å². The van der Waals surface area contributed by atoms with Crippen molar-refractivity contribution in [3.63, 3.8) is 0 Å². The SMILES string of the molecule is CCOC(=O)[C@]1(N)[C@H](c2ccc(OC)cc2)[C@H]1S(=O)(=O)c1ccc(Cl)cc1. The van der Waals surface area contributed by atoms with Crippen molar-refractivity contribution in [3.8, 4) is 5.75 Å². The highest BCUT2D eigenvalue weighted by Gasteiger charge is 2.74. The molecule has 3 rings (SSSR count). The predicted octanol–water partition coefficient (Wildman–Crippen LogP) is 2.55. The molecule has 27 heavy (non-hydrogen) atoms. The first-order valence-electron chi connectivity index (χ1n) is 8.36. The van der Waals surface area contributed by atoms with Gasteiger partial charge >= 0.3 is 5.97 Å². The first-order chi connectivity index (χ1) is 12.8. The van der Waals surface area contributed by atoms with Gasteiger partial charge in [0.25, 0.3) is 0 Å². The van der Waals surface area contributed by atoms with Gasteiger partial charge in [-0.3, -0.25) is 0 Å². The molecule has 0 aromatic heterocycles. The quantitative estimate of drug-likeness (QED) is 0.736. The van der Waals surface area contributed by atoms with Crippen molar-refractivity contribution in [1.82, 2.24) is 0 Å². The summed E-state index contributed by atoms with van der Waals surface area (Å²) in [7, 11) is -2.35. The summed E-state index contributed by atoms with van der Waals surface area (Å²) in [6.07, 6.45) is 0. The van der Waals surface area contributed by atoms with Crippen LogP contribution >= 0.6 is 11.6 Å². The molecule has 0 bridgehead atoms. The minimum Gasteiger partial charge on any atom is -0.497 e. The molecule has 3 atom stereocenters. The molecule has 0 spiro atoms. The Labute approximate surface area is 163 Å². The summed E-state index contributed by atoms with van der Waals surface area (Å²) in [5.74, 6) is -0.827. The van der Waals surface area contributed by atoms with Crippen LogP contribution in [0.25, 0.3) is 0 Å². The van der Waals surface area contributed by atoms with E-state index in [4.69, 9.17) is 26.8 Å². The number of hydrogen-bond donors (Lipinski definition) is 1. The lowest BCUT2D eigenvalue weighted by Crippen LogP contribution is -2.41. The maximum absolute atomic E-state index is 13.2. The van der Waals surface area contributed by atoms with Gasteiger partial charge in [-0.25, -0.2) is 13.2 Å². The number of ether oxygens (including phenoxy) is 2. The Kier molecular flexibility index (Phi) is 5.20. The van der Waals surface area contributed by atoms with Crippen LogP contribution in [0.1, 0.15) is 18.4 Å². The van der Waals surface area contributed by atoms with Crippen LogP contribution in [-0.2, 0) is 19.4 Å². The highest BCUT2D eigenvalue weighted by molar-refractivity contribution is 7.92. The van der Waals surface area contributed by atoms with Crippen LogP contribution in [0.4, 0.5) is 0 Å². The topological polar surface area (TPSA) is 95.7 Å². The molecule has 2 N–H and O–H groups in total. The third-order valence-electron chi connectivity index (χ3n) is 4.76. The maximum Gasteiger partial charge on any atom is 0.328 e. The summed E-state index contributed by atoms with van der Waals surface area (Å²) in [5, 5.41) is -0.709. The van der Waals surface area contributed by atoms with Crippen molar-refractivity contribution in [2.24, 2.45) is 5.73 Å². The summed E-state index contributed by atoms with van der Waals surface area (Å²) in [6.45, 7) is 1.76. The number of carbonyl (C=O) groups excluding carboxylic acids is 1. The molecule has 8 heteroatoms. The Hall–Kier alpha value is -2.09. The van der Waals surface area contributed by atoms with Crippen LogP contribution in [0, 0.1) is 0 Å². The molecule has 0 unspecified atom stereocenters. The van der Waals surface area contributed by atoms with Crippen LogP contribution in [-0.4, -0.2) is 38.9 Å². The average Bonchev–Trinajstić information content (AvgIpc) is 3.31. The van der Waals surface area contributed by atoms with E-state index in [2.05, 4.69) is 0 Å². The second-order valence-corrected chi connectivity index (χ2v) is 8.83. The van der Waals surface area contributed by atoms with E-state index >= 15 is 0 Å². The normalized spacial score (nSPS) is 24.3. The second-order valence-electron chi connectivity index (χ2n) is 6.32. The predicted molar refractivity (Wildman–Crippen MR) is 102 cm³/mol. The summed E-state index contributed by atoms with van der Waals surface area (Å²) in [6, 6.07) is 12.6. The van der Waals surface area contributed by atoms with Crippen LogP contribution in [0.15, 0.2) is 53.4 Å². The Morgan fingerprint density at radius 1 is 1.15 bits per heavy atom. The molecule has 1 fully saturated rings. The minimum atomic E-state index is -3.88. The zero-order valence-corrected chi connectivity index (χ0v) is 16.5. The first kappa shape index (κ1) is 19.7. The number of nitrogens with two attached hydrogens (primary N) is 1. The fourth-order valence-corrected chi connectivity index (χ4v) is 5.70. The van der Waals surface area contributed by atoms with Crippen molar-refractivity contribution >= 4 is 27.4 Å². The fourth-order valence-electron chi connectivity index (χ4n) is 3.34. The van der Waals surface area contributed by atoms with Gasteiger partial charge in [0.2, 0.25) is 0 Å². The van der Waals surface area contributed by atoms with Gasteiger partial charge in [-0.05, 0) is 48.9 Å². The van der Waals surface area contributed by atoms with Crippen molar-refractivity contribution in [2.75, 3.05) is 13.7 Å². The molecule has 0 heterocycles. The van der Waals surface area contributed by atoms with Gasteiger partial charge in [0.1, 0.15) is 16.5 Å². The van der Waals surface area contributed by atoms with E-state index in [-0.39, 0.29) is 11.5 Å². The van der Waals surface area contributed by atoms with Crippen molar-refractivity contribution in [1.29, 1.82) is 0 Å². The van der Waals surface area contributed by atoms with Crippen LogP contribution in [0.2, 0.25) is 5.02 Å². The Bertz CT molecular complexity index is 943. The zero-order chi connectivity index (χ0) is 19.8. The Morgan fingerprint density at radius 3 is 2.26 bits per heavy atom. The zero-order valence-electron chi connectivity index (χ0n) is 14.9. The lowest BCUT2D eigenvalue weighted by atomic mass is 10.1. The summed E-state index contributed by atoms with van der Waals surface area (Å²) < 4.78 is 36.6. The number of methoxy groups -OCH3 is 1. The number of esters is 1. The third-order valence-corrected chi connectivity index (χ3v) is 7.27. The molecule has 1 aliphatic carbocycles. The molecule has 1 saturated carbocycles. The Morgan fingerprint density at radius 2 is 1.74 bits per heavy atom. The molecular weight excluding hydrogens is 390 g/mol. The number of sulfone groups is 1. The number of rotatable bonds is 6. The van der Waals surface area contributed by atoms with Crippen LogP contribution in [0.5, 0.6) is 5.75 Å². The Balaban J connectivity index is 2.04. The molecule has 0 saturated heterocycles. The molecule has 6 nitrogen and oxygen atoms in total. The molecule has 1 aliphatic rings. The molecule has 0 aliphatic heterocycles. The van der Waals surface area contributed by atoms with E-state index < -0.39 is 32.5 Å². The minimum absolute atomic E-state index is 0.0621. The van der Waals surface area contributed by atoms with E-state index in [0.717, 1.165) is 0 Å². The highest BCUT2D eigenvalue weighted by atomic mass is 35.5. The maximum atomic E-state index is 13.2. The highest BCUT2D eigenvalue weighted by Crippen LogP contribution is 2.56. The molecular formula is C19H20ClNO5S. The second kappa shape index (κ2) is 7.14. The summed E-state index contributed by atoms with van der Waals surface area (Å²) in [4.78, 5) is 12.6. The average molecular weight is 410 g/mol. The molecule has 2 aromatic rings. The smallest absolute Gasteiger partial charge is 0.328 e. The monoisotopic (exact) mass is 409 g/mol. The molecule has 0 amide bonds. The number of halogens is 1. The molecule has 0 radical (unpaired) electrons. The molecule has 2 aromatic carbocycles. The van der Waals surface area contributed by atoms with E-state index in [1.165, 1.54) is 31.4 Å². The summed E-state index contributed by atoms with van der Waals surface area (Å²) in [5.41, 5.74) is 5.29. The van der Waals surface area contributed by atoms with Gasteiger partial charge in [-0.2, -0.15) is 0 Å². The van der Waals surface area contributed by atoms with Crippen molar-refractivity contribution in [3.05, 3.63) is 59.1 Å². The van der Waals surface area contributed by atoms with E-state index in [1.54, 1.807) is 31.2 Å². The molecule has 144 valence electrons. The standard InChI is InChI=1S/C19H20ClNO5S/c1-3-26-18(22)19(21)16(12-4-8-14(25-2)9-5-12)17(19)27(23,24)15-10-6-13(20)7-11-15/h4-11,16-17H,3,21H2,1-2H3/t16-,17-,19+/m1/s1. The van der Waals surface area contributed by atoms with E-state index in [0.29, 0.717) is 16.3 Å². The fraction of sp³-hybridized carbons (Fsp3) is 0.316. The van der Waals surface area contributed by atoms with Crippen LogP contribution in [0.3, 0.4) is 0 Å². The first-order valence-corrected chi connectivity index (χ1v) is 10.3. The van der Waals surface area contributed by atoms with Crippen molar-refractivity contribution in [2.45, 2.75) is 28.5 Å². The van der Waals surface area contributed by atoms with E-state index in [1.807, 2.05) is 0 Å². The number of carbonyl (C=O) groups is 1. The van der Waals surface area contributed by atoms with Gasteiger partial charge in [0.05, 0.1) is 18.6 Å². The van der Waals surface area contributed by atoms with E-state index in [9.17, 15) is 13.2 Å². The lowest BCUT2D eigenvalue weighted by molar-refractivity contribution is -0.145. The number of benzene rings is 2. The number of hydrogen-bond acceptors (Lipinski definition) is 6. The van der Waals surface area contributed by atoms with Gasteiger partial charge in [-0.1, -0.05) is 23.7 Å². The van der Waals surface area contributed by atoms with Crippen LogP contribution < -0.4 is 10.5 Å². The lowest BCUT2D eigenvalue weighted by Gasteiger charge is -2.11. The van der Waals surface area contributed by atoms with Gasteiger partial charge in [-0.15, -0.1) is 0 Å². The van der Waals surface area contributed by atoms with Crippen molar-refractivity contribution < 1.29 is 22.7 Å². The third kappa shape index (κ3) is 3.31. The van der Waals surface area contributed by atoms with Gasteiger partial charge in [0, 0.05) is 10.9 Å². The summed E-state index contributed by atoms with van der Waals surface area (Å²) >= 11 is 5.85. The largest absolute Gasteiger partial charge is 0.497 e.